The summed E-state index contributed by atoms with van der Waals surface area (Å²) in [4.78, 5) is 23.1. The number of hydrogen-bond acceptors (Lipinski definition) is 6. The predicted molar refractivity (Wildman–Crippen MR) is 81.1 cm³/mol. The van der Waals surface area contributed by atoms with Gasteiger partial charge in [0.15, 0.2) is 0 Å². The van der Waals surface area contributed by atoms with Crippen LogP contribution in [0.1, 0.15) is 58.3 Å². The summed E-state index contributed by atoms with van der Waals surface area (Å²) in [7, 11) is 0. The molecule has 2 rings (SSSR count). The van der Waals surface area contributed by atoms with Crippen LogP contribution < -0.4 is 27.2 Å². The Hall–Kier alpha value is 0.730. The summed E-state index contributed by atoms with van der Waals surface area (Å²) in [5, 5.41) is 23.3. The van der Waals surface area contributed by atoms with Crippen molar-refractivity contribution in [2.75, 3.05) is 0 Å². The van der Waals surface area contributed by atoms with Crippen LogP contribution in [0.2, 0.25) is 0 Å². The Kier molecular flexibility index (Phi) is 20.6. The van der Waals surface area contributed by atoms with E-state index < -0.39 is 24.1 Å². The second kappa shape index (κ2) is 16.9. The first kappa shape index (κ1) is 30.5. The van der Waals surface area contributed by atoms with Crippen molar-refractivity contribution in [2.24, 2.45) is 0 Å². The summed E-state index contributed by atoms with van der Waals surface area (Å²) in [5.74, 6) is -2.25. The van der Waals surface area contributed by atoms with Gasteiger partial charge in [-0.25, -0.2) is 0 Å². The molecule has 2 saturated carbocycles. The van der Waals surface area contributed by atoms with E-state index in [1.54, 1.807) is 6.92 Å². The van der Waals surface area contributed by atoms with E-state index in [0.717, 1.165) is 25.7 Å². The van der Waals surface area contributed by atoms with Gasteiger partial charge in [-0.05, 0) is 63.6 Å². The normalized spacial score (nSPS) is 19.0. The molecule has 2 atom stereocenters. The second-order valence-corrected chi connectivity index (χ2v) is 5.53. The molecule has 0 heterocycles. The topological polar surface area (TPSA) is 98.7 Å². The number of carbonyl (C=O) groups excluding carboxylic acids is 2. The van der Waals surface area contributed by atoms with Crippen LogP contribution in [-0.2, 0) is 38.5 Å². The number of halogens is 1. The molecule has 25 heavy (non-hydrogen) atoms. The molecule has 137 valence electrons. The fourth-order valence-electron chi connectivity index (χ4n) is 2.72. The summed E-state index contributed by atoms with van der Waals surface area (Å²) in [6.07, 6.45) is 1.64. The van der Waals surface area contributed by atoms with Gasteiger partial charge in [-0.2, -0.15) is 0 Å². The number of hydrogen-bond donors (Lipinski definition) is 0. The molecule has 1 radical (unpaired) electrons. The van der Waals surface area contributed by atoms with Crippen LogP contribution in [0.15, 0.2) is 0 Å². The third-order valence-electron chi connectivity index (χ3n) is 3.91. The Balaban J connectivity index is -0.000000934. The summed E-state index contributed by atoms with van der Waals surface area (Å²) >= 11 is 0. The average Bonchev–Trinajstić information content (AvgIpc) is 3.21. The molecule has 0 aromatic heterocycles. The van der Waals surface area contributed by atoms with E-state index in [1.165, 1.54) is 0 Å². The molecule has 9 heteroatoms. The van der Waals surface area contributed by atoms with Gasteiger partial charge in [0, 0.05) is 19.5 Å². The molecule has 2 aliphatic carbocycles. The predicted octanol–water partition coefficient (Wildman–Crippen LogP) is -3.12. The maximum absolute atomic E-state index is 11.6. The summed E-state index contributed by atoms with van der Waals surface area (Å²) in [6, 6.07) is 0. The Morgan fingerprint density at radius 1 is 0.840 bits per heavy atom. The van der Waals surface area contributed by atoms with E-state index in [0.29, 0.717) is 25.7 Å². The van der Waals surface area contributed by atoms with Gasteiger partial charge in [0.05, 0.1) is 0 Å². The van der Waals surface area contributed by atoms with Gasteiger partial charge in [0.1, 0.15) is 12.2 Å². The van der Waals surface area contributed by atoms with Crippen molar-refractivity contribution in [1.29, 1.82) is 0 Å². The quantitative estimate of drug-likeness (QED) is 0.304. The third kappa shape index (κ3) is 10.6. The number of ether oxygens (including phenoxy) is 2. The van der Waals surface area contributed by atoms with Crippen LogP contribution in [0.5, 0.6) is 0 Å². The summed E-state index contributed by atoms with van der Waals surface area (Å²) in [5.41, 5.74) is 0. The molecule has 0 N–H and O–H groups in total. The van der Waals surface area contributed by atoms with Crippen LogP contribution in [-0.4, -0.2) is 59.4 Å². The minimum Gasteiger partial charge on any atom is -1.00 e. The molecule has 0 saturated heterocycles. The van der Waals surface area contributed by atoms with E-state index in [-0.39, 0.29) is 71.7 Å². The summed E-state index contributed by atoms with van der Waals surface area (Å²) < 4.78 is 9.91. The minimum absolute atomic E-state index is 0. The fraction of sp³-hybridized carbons (Fsp3) is 0.812. The zero-order valence-electron chi connectivity index (χ0n) is 14.9. The van der Waals surface area contributed by atoms with Gasteiger partial charge in [-0.3, -0.25) is 9.59 Å². The fourth-order valence-corrected chi connectivity index (χ4v) is 2.72. The first-order chi connectivity index (χ1) is 10.6. The van der Waals surface area contributed by atoms with Crippen LogP contribution in [0.25, 0.3) is 0 Å². The monoisotopic (exact) mass is 480 g/mol. The van der Waals surface area contributed by atoms with E-state index in [2.05, 4.69) is 6.92 Å². The standard InChI is InChI=1S/C14H20O6.C2H5.BrH.Mg.Zn/c15-11(13(17)19-9-5-1-2-6-9)12(16)14(18)20-10-7-3-4-8-10;1-2;;;/h9-12H,1-8H2;1H2,2H3;1H;;/q-2;;;+2;/p-1/t11-,12-;;;;/m1..../s1. The molecule has 2 aliphatic rings. The van der Waals surface area contributed by atoms with Crippen molar-refractivity contribution in [3.8, 4) is 0 Å². The third-order valence-corrected chi connectivity index (χ3v) is 3.91. The van der Waals surface area contributed by atoms with Crippen molar-refractivity contribution in [3.63, 3.8) is 0 Å². The Labute approximate surface area is 189 Å². The van der Waals surface area contributed by atoms with Crippen molar-refractivity contribution >= 4 is 35.0 Å². The maximum Gasteiger partial charge on any atom is 2.00 e. The number of rotatable bonds is 5. The molecule has 0 aliphatic heterocycles. The van der Waals surface area contributed by atoms with Gasteiger partial charge in [0.2, 0.25) is 0 Å². The van der Waals surface area contributed by atoms with E-state index in [4.69, 9.17) is 9.47 Å². The minimum atomic E-state index is -2.23. The SMILES string of the molecule is O=C(OC1CCCC1)[C@H]([O-])[C@@H]([O-])C(=O)OC1CCCC1.[Br-].[CH2]C.[Mg+2].[Zn]. The molecule has 2 fully saturated rings. The van der Waals surface area contributed by atoms with Crippen LogP contribution >= 0.6 is 0 Å². The van der Waals surface area contributed by atoms with Gasteiger partial charge in [-0.1, -0.05) is 13.8 Å². The summed E-state index contributed by atoms with van der Waals surface area (Å²) in [6.45, 7) is 5.00. The molecule has 0 bridgehead atoms. The zero-order valence-corrected chi connectivity index (χ0v) is 20.9. The largest absolute Gasteiger partial charge is 2.00 e. The Morgan fingerprint density at radius 3 is 1.32 bits per heavy atom. The molecule has 0 unspecified atom stereocenters. The molecule has 0 aromatic rings. The smallest absolute Gasteiger partial charge is 1.00 e. The first-order valence-corrected chi connectivity index (χ1v) is 8.01. The molecule has 0 amide bonds. The average molecular weight is 483 g/mol. The van der Waals surface area contributed by atoms with Gasteiger partial charge >= 0.3 is 23.1 Å². The van der Waals surface area contributed by atoms with Crippen LogP contribution in [0, 0.1) is 6.92 Å². The van der Waals surface area contributed by atoms with Crippen LogP contribution in [0.3, 0.4) is 0 Å². The van der Waals surface area contributed by atoms with Crippen molar-refractivity contribution in [2.45, 2.75) is 82.7 Å². The first-order valence-electron chi connectivity index (χ1n) is 8.01. The van der Waals surface area contributed by atoms with Crippen molar-refractivity contribution < 1.29 is 65.7 Å². The zero-order chi connectivity index (χ0) is 16.5. The molecular weight excluding hydrogens is 458 g/mol. The van der Waals surface area contributed by atoms with Crippen molar-refractivity contribution in [1.82, 2.24) is 0 Å². The van der Waals surface area contributed by atoms with E-state index >= 15 is 0 Å². The second-order valence-electron chi connectivity index (χ2n) is 5.53. The molecule has 0 aromatic carbocycles. The van der Waals surface area contributed by atoms with Gasteiger partial charge < -0.3 is 36.7 Å². The maximum atomic E-state index is 11.6. The van der Waals surface area contributed by atoms with E-state index in [9.17, 15) is 19.8 Å². The van der Waals surface area contributed by atoms with Gasteiger partial charge in [0.25, 0.3) is 11.9 Å². The Bertz CT molecular complexity index is 329. The van der Waals surface area contributed by atoms with Crippen LogP contribution in [0.4, 0.5) is 0 Å². The van der Waals surface area contributed by atoms with E-state index in [1.807, 2.05) is 0 Å². The number of esters is 2. The molecule has 0 spiro atoms. The van der Waals surface area contributed by atoms with Crippen molar-refractivity contribution in [3.05, 3.63) is 6.92 Å². The van der Waals surface area contributed by atoms with Gasteiger partial charge in [-0.15, -0.1) is 0 Å². The molecule has 6 nitrogen and oxygen atoms in total. The molecular formula is C16H25BrMgO6Zn-. The number of carbonyl (C=O) groups is 2. The Morgan fingerprint density at radius 2 is 1.08 bits per heavy atom.